The van der Waals surface area contributed by atoms with Gasteiger partial charge in [-0.25, -0.2) is 17.5 Å². The standard InChI is InChI=1S/C11H13N3O5S/c1-13(2)20(17,18)7-3-4-8-9(5-7)19-11(16)14(8)6-10(12)15/h3-5H,6H2,1-2H3,(H2,12,15). The second-order valence-electron chi connectivity index (χ2n) is 4.34. The molecule has 0 radical (unpaired) electrons. The van der Waals surface area contributed by atoms with Crippen LogP contribution in [-0.4, -0.2) is 37.3 Å². The average Bonchev–Trinajstić information content (AvgIpc) is 2.64. The van der Waals surface area contributed by atoms with Gasteiger partial charge in [0.15, 0.2) is 5.58 Å². The molecule has 9 heteroatoms. The Morgan fingerprint density at radius 3 is 2.60 bits per heavy atom. The smallest absolute Gasteiger partial charge is 0.408 e. The van der Waals surface area contributed by atoms with Crippen LogP contribution in [0.15, 0.2) is 32.3 Å². The van der Waals surface area contributed by atoms with Gasteiger partial charge in [0.2, 0.25) is 15.9 Å². The topological polar surface area (TPSA) is 116 Å². The minimum atomic E-state index is -3.62. The molecule has 0 saturated heterocycles. The van der Waals surface area contributed by atoms with Crippen LogP contribution in [0.1, 0.15) is 0 Å². The van der Waals surface area contributed by atoms with E-state index in [9.17, 15) is 18.0 Å². The van der Waals surface area contributed by atoms with Crippen molar-refractivity contribution in [2.24, 2.45) is 5.73 Å². The summed E-state index contributed by atoms with van der Waals surface area (Å²) in [5.74, 6) is -1.46. The second kappa shape index (κ2) is 4.76. The minimum absolute atomic E-state index is 0.00465. The predicted molar refractivity (Wildman–Crippen MR) is 70.5 cm³/mol. The monoisotopic (exact) mass is 299 g/mol. The molecule has 2 N–H and O–H groups in total. The molecule has 8 nitrogen and oxygen atoms in total. The molecule has 0 atom stereocenters. The number of rotatable bonds is 4. The van der Waals surface area contributed by atoms with E-state index in [0.717, 1.165) is 8.87 Å². The number of carbonyl (C=O) groups is 1. The highest BCUT2D eigenvalue weighted by atomic mass is 32.2. The fourth-order valence-corrected chi connectivity index (χ4v) is 2.64. The van der Waals surface area contributed by atoms with Gasteiger partial charge in [0.1, 0.15) is 6.54 Å². The summed E-state index contributed by atoms with van der Waals surface area (Å²) >= 11 is 0. The first-order valence-electron chi connectivity index (χ1n) is 5.57. The molecule has 0 unspecified atom stereocenters. The Bertz CT molecular complexity index is 831. The minimum Gasteiger partial charge on any atom is -0.408 e. The predicted octanol–water partition coefficient (Wildman–Crippen LogP) is -0.670. The Balaban J connectivity index is 2.64. The van der Waals surface area contributed by atoms with Gasteiger partial charge in [-0.2, -0.15) is 0 Å². The highest BCUT2D eigenvalue weighted by molar-refractivity contribution is 7.89. The van der Waals surface area contributed by atoms with E-state index in [1.807, 2.05) is 0 Å². The quantitative estimate of drug-likeness (QED) is 0.803. The Morgan fingerprint density at radius 2 is 2.05 bits per heavy atom. The number of hydrogen-bond donors (Lipinski definition) is 1. The van der Waals surface area contributed by atoms with E-state index < -0.39 is 21.7 Å². The Hall–Kier alpha value is -2.13. The third kappa shape index (κ3) is 2.32. The number of carbonyl (C=O) groups excluding carboxylic acids is 1. The lowest BCUT2D eigenvalue weighted by Gasteiger charge is -2.10. The lowest BCUT2D eigenvalue weighted by Crippen LogP contribution is -2.25. The fourth-order valence-electron chi connectivity index (χ4n) is 1.72. The van der Waals surface area contributed by atoms with Crippen molar-refractivity contribution in [3.05, 3.63) is 28.7 Å². The van der Waals surface area contributed by atoms with Gasteiger partial charge in [-0.1, -0.05) is 0 Å². The van der Waals surface area contributed by atoms with Crippen molar-refractivity contribution in [3.8, 4) is 0 Å². The molecular weight excluding hydrogens is 286 g/mol. The molecule has 108 valence electrons. The molecule has 20 heavy (non-hydrogen) atoms. The first-order chi connectivity index (χ1) is 9.23. The van der Waals surface area contributed by atoms with Crippen LogP contribution in [0.5, 0.6) is 0 Å². The largest absolute Gasteiger partial charge is 0.420 e. The zero-order valence-corrected chi connectivity index (χ0v) is 11.7. The van der Waals surface area contributed by atoms with Crippen molar-refractivity contribution in [1.82, 2.24) is 8.87 Å². The first-order valence-corrected chi connectivity index (χ1v) is 7.01. The first kappa shape index (κ1) is 14.3. The van der Waals surface area contributed by atoms with E-state index in [2.05, 4.69) is 0 Å². The van der Waals surface area contributed by atoms with Crippen molar-refractivity contribution in [2.75, 3.05) is 14.1 Å². The van der Waals surface area contributed by atoms with Crippen LogP contribution in [-0.2, 0) is 21.4 Å². The lowest BCUT2D eigenvalue weighted by atomic mass is 10.3. The van der Waals surface area contributed by atoms with Crippen LogP contribution in [0.4, 0.5) is 0 Å². The fraction of sp³-hybridized carbons (Fsp3) is 0.273. The van der Waals surface area contributed by atoms with Gasteiger partial charge in [0.25, 0.3) is 0 Å². The number of primary amides is 1. The molecule has 0 spiro atoms. The summed E-state index contributed by atoms with van der Waals surface area (Å²) in [6, 6.07) is 3.98. The number of sulfonamides is 1. The third-order valence-electron chi connectivity index (χ3n) is 2.73. The molecule has 1 aromatic heterocycles. The molecule has 1 amide bonds. The molecule has 0 aliphatic heterocycles. The van der Waals surface area contributed by atoms with Crippen molar-refractivity contribution in [1.29, 1.82) is 0 Å². The number of benzene rings is 1. The van der Waals surface area contributed by atoms with Crippen molar-refractivity contribution in [2.45, 2.75) is 11.4 Å². The summed E-state index contributed by atoms with van der Waals surface area (Å²) in [5.41, 5.74) is 5.43. The molecular formula is C11H13N3O5S. The number of nitrogens with zero attached hydrogens (tertiary/aromatic N) is 2. The lowest BCUT2D eigenvalue weighted by molar-refractivity contribution is -0.118. The van der Waals surface area contributed by atoms with Gasteiger partial charge in [-0.05, 0) is 12.1 Å². The van der Waals surface area contributed by atoms with E-state index in [1.165, 1.54) is 32.3 Å². The molecule has 2 rings (SSSR count). The number of amides is 1. The highest BCUT2D eigenvalue weighted by Gasteiger charge is 2.20. The van der Waals surface area contributed by atoms with Gasteiger partial charge >= 0.3 is 5.76 Å². The molecule has 0 aliphatic rings. The summed E-state index contributed by atoms with van der Waals surface area (Å²) in [7, 11) is -0.831. The SMILES string of the molecule is CN(C)S(=O)(=O)c1ccc2c(c1)oc(=O)n2CC(N)=O. The van der Waals surface area contributed by atoms with E-state index in [1.54, 1.807) is 0 Å². The number of aromatic nitrogens is 1. The van der Waals surface area contributed by atoms with Crippen LogP contribution in [0, 0.1) is 0 Å². The maximum atomic E-state index is 12.0. The average molecular weight is 299 g/mol. The number of fused-ring (bicyclic) bond motifs is 1. The van der Waals surface area contributed by atoms with Crippen LogP contribution < -0.4 is 11.5 Å². The molecule has 2 aromatic rings. The number of oxazole rings is 1. The van der Waals surface area contributed by atoms with Crippen LogP contribution in [0.25, 0.3) is 11.1 Å². The number of hydrogen-bond acceptors (Lipinski definition) is 5. The zero-order chi connectivity index (χ0) is 15.1. The van der Waals surface area contributed by atoms with E-state index >= 15 is 0 Å². The Kier molecular flexibility index (Phi) is 3.40. The molecule has 0 fully saturated rings. The van der Waals surface area contributed by atoms with Gasteiger partial charge in [0, 0.05) is 20.2 Å². The van der Waals surface area contributed by atoms with Gasteiger partial charge in [-0.3, -0.25) is 9.36 Å². The van der Waals surface area contributed by atoms with Crippen molar-refractivity contribution < 1.29 is 17.6 Å². The van der Waals surface area contributed by atoms with Crippen LogP contribution >= 0.6 is 0 Å². The molecule has 0 saturated carbocycles. The Labute approximate surface area is 114 Å². The summed E-state index contributed by atoms with van der Waals surface area (Å²) < 4.78 is 31.0. The summed E-state index contributed by atoms with van der Waals surface area (Å²) in [4.78, 5) is 22.5. The molecule has 0 aliphatic carbocycles. The van der Waals surface area contributed by atoms with Gasteiger partial charge < -0.3 is 10.2 Å². The molecule has 1 aromatic carbocycles. The normalized spacial score (nSPS) is 12.2. The van der Waals surface area contributed by atoms with Gasteiger partial charge in [-0.15, -0.1) is 0 Å². The van der Waals surface area contributed by atoms with Crippen molar-refractivity contribution in [3.63, 3.8) is 0 Å². The Morgan fingerprint density at radius 1 is 1.40 bits per heavy atom. The summed E-state index contributed by atoms with van der Waals surface area (Å²) in [6.45, 7) is -0.328. The maximum absolute atomic E-state index is 12.0. The van der Waals surface area contributed by atoms with Crippen molar-refractivity contribution >= 4 is 27.0 Å². The summed E-state index contributed by atoms with van der Waals surface area (Å²) in [5, 5.41) is 0. The third-order valence-corrected chi connectivity index (χ3v) is 4.54. The second-order valence-corrected chi connectivity index (χ2v) is 6.49. The van der Waals surface area contributed by atoms with Gasteiger partial charge in [0.05, 0.1) is 10.4 Å². The van der Waals surface area contributed by atoms with Crippen LogP contribution in [0.2, 0.25) is 0 Å². The van der Waals surface area contributed by atoms with E-state index in [-0.39, 0.29) is 17.0 Å². The van der Waals surface area contributed by atoms with E-state index in [0.29, 0.717) is 5.52 Å². The zero-order valence-electron chi connectivity index (χ0n) is 10.9. The highest BCUT2D eigenvalue weighted by Crippen LogP contribution is 2.20. The molecule has 0 bridgehead atoms. The molecule has 1 heterocycles. The maximum Gasteiger partial charge on any atom is 0.420 e. The van der Waals surface area contributed by atoms with E-state index in [4.69, 9.17) is 10.2 Å². The van der Waals surface area contributed by atoms with Crippen LogP contribution in [0.3, 0.4) is 0 Å². The summed E-state index contributed by atoms with van der Waals surface area (Å²) in [6.07, 6.45) is 0. The number of nitrogens with two attached hydrogens (primary N) is 1.